The van der Waals surface area contributed by atoms with Crippen molar-refractivity contribution in [3.63, 3.8) is 0 Å². The Balaban J connectivity index is 5.13. The van der Waals surface area contributed by atoms with Gasteiger partial charge in [-0.1, -0.05) is 71.3 Å². The maximum absolute atomic E-state index is 4.41. The first kappa shape index (κ1) is 19.9. The zero-order valence-corrected chi connectivity index (χ0v) is 14.6. The van der Waals surface area contributed by atoms with Crippen molar-refractivity contribution in [2.75, 3.05) is 0 Å². The molecule has 0 N–H and O–H groups in total. The van der Waals surface area contributed by atoms with Crippen LogP contribution in [-0.2, 0) is 0 Å². The molecule has 0 bridgehead atoms. The molecule has 3 heteroatoms. The van der Waals surface area contributed by atoms with E-state index in [4.69, 9.17) is 0 Å². The van der Waals surface area contributed by atoms with Crippen LogP contribution in [0.5, 0.6) is 0 Å². The van der Waals surface area contributed by atoms with Crippen LogP contribution in [0.3, 0.4) is 0 Å². The molecule has 0 aliphatic rings. The minimum absolute atomic E-state index is 0.0925. The molecule has 0 aromatic heterocycles. The molecule has 0 aromatic rings. The largest absolute Gasteiger partial charge is 0.160 e. The minimum Gasteiger partial charge on any atom is -0.160 e. The van der Waals surface area contributed by atoms with Crippen LogP contribution in [0.1, 0.15) is 72.1 Å². The summed E-state index contributed by atoms with van der Waals surface area (Å²) in [7, 11) is 2.01. The predicted octanol–water partition coefficient (Wildman–Crippen LogP) is 5.78. The van der Waals surface area contributed by atoms with Crippen molar-refractivity contribution in [3.8, 4) is 0 Å². The van der Waals surface area contributed by atoms with Crippen molar-refractivity contribution in [1.82, 2.24) is 0 Å². The van der Waals surface area contributed by atoms with E-state index >= 15 is 0 Å². The van der Waals surface area contributed by atoms with Gasteiger partial charge in [-0.05, 0) is 18.9 Å². The fraction of sp³-hybridized carbons (Fsp3) is 0.667. The van der Waals surface area contributed by atoms with Crippen LogP contribution >= 0.6 is 0 Å². The van der Waals surface area contributed by atoms with Crippen LogP contribution in [0.15, 0.2) is 46.8 Å². The van der Waals surface area contributed by atoms with Gasteiger partial charge in [0.2, 0.25) is 0 Å². The molecule has 0 saturated carbocycles. The van der Waals surface area contributed by atoms with Gasteiger partial charge in [0.05, 0.1) is 5.70 Å². The first-order valence-corrected chi connectivity index (χ1v) is 8.39. The van der Waals surface area contributed by atoms with E-state index in [1.807, 2.05) is 7.85 Å². The van der Waals surface area contributed by atoms with E-state index in [0.717, 1.165) is 17.6 Å². The van der Waals surface area contributed by atoms with Crippen LogP contribution in [0.25, 0.3) is 0 Å². The molecule has 0 aliphatic heterocycles. The number of hydrogen-bond acceptors (Lipinski definition) is 2. The van der Waals surface area contributed by atoms with Gasteiger partial charge in [0.1, 0.15) is 7.85 Å². The van der Waals surface area contributed by atoms with Gasteiger partial charge in [0.25, 0.3) is 0 Å². The Bertz CT molecular complexity index is 371. The van der Waals surface area contributed by atoms with Gasteiger partial charge in [0, 0.05) is 11.6 Å². The summed E-state index contributed by atoms with van der Waals surface area (Å²) in [5.74, 6) is 0. The van der Waals surface area contributed by atoms with E-state index in [9.17, 15) is 0 Å². The van der Waals surface area contributed by atoms with Gasteiger partial charge in [-0.2, -0.15) is 10.2 Å². The van der Waals surface area contributed by atoms with Crippen LogP contribution in [0.4, 0.5) is 0 Å². The summed E-state index contributed by atoms with van der Waals surface area (Å²) in [6.07, 6.45) is 13.5. The Labute approximate surface area is 132 Å². The Kier molecular flexibility index (Phi) is 10.9. The SMILES string of the molecule is BC(=C)/C=C(\N=N/C=C)C(C)(CCCC)CCCCCC. The highest BCUT2D eigenvalue weighted by Gasteiger charge is 2.28. The van der Waals surface area contributed by atoms with Crippen LogP contribution in [-0.4, -0.2) is 7.85 Å². The molecule has 0 radical (unpaired) electrons. The Morgan fingerprint density at radius 1 is 1.10 bits per heavy atom. The lowest BCUT2D eigenvalue weighted by atomic mass is 9.76. The van der Waals surface area contributed by atoms with Gasteiger partial charge in [0.15, 0.2) is 0 Å². The van der Waals surface area contributed by atoms with Crippen molar-refractivity contribution in [2.45, 2.75) is 72.1 Å². The normalized spacial score (nSPS) is 15.1. The highest BCUT2D eigenvalue weighted by molar-refractivity contribution is 6.23. The lowest BCUT2D eigenvalue weighted by molar-refractivity contribution is 0.306. The molecule has 0 rings (SSSR count). The van der Waals surface area contributed by atoms with Crippen molar-refractivity contribution in [3.05, 3.63) is 36.6 Å². The molecule has 0 aromatic carbocycles. The fourth-order valence-corrected chi connectivity index (χ4v) is 2.55. The first-order valence-electron chi connectivity index (χ1n) is 8.39. The van der Waals surface area contributed by atoms with Gasteiger partial charge in [-0.15, -0.1) is 6.58 Å². The number of unbranched alkanes of at least 4 members (excludes halogenated alkanes) is 4. The Hall–Kier alpha value is -1.12. The zero-order valence-electron chi connectivity index (χ0n) is 14.6. The van der Waals surface area contributed by atoms with Gasteiger partial charge >= 0.3 is 0 Å². The monoisotopic (exact) mass is 288 g/mol. The molecular weight excluding hydrogens is 255 g/mol. The predicted molar refractivity (Wildman–Crippen MR) is 97.2 cm³/mol. The molecule has 0 amide bonds. The molecular formula is C18H33BN2. The Morgan fingerprint density at radius 3 is 2.24 bits per heavy atom. The molecule has 21 heavy (non-hydrogen) atoms. The molecule has 1 atom stereocenters. The third-order valence-corrected chi connectivity index (χ3v) is 3.91. The molecule has 0 heterocycles. The summed E-state index contributed by atoms with van der Waals surface area (Å²) in [4.78, 5) is 0. The highest BCUT2D eigenvalue weighted by Crippen LogP contribution is 2.39. The standard InChI is InChI=1S/C18H33BN2/c1-6-9-11-12-14-18(5,13-10-7-2)17(15-16(4)19)21-20-8-3/h8,15H,3-4,6-7,9-14,19H2,1-2,5H3/b17-15-,21-20-. The summed E-state index contributed by atoms with van der Waals surface area (Å²) in [5, 5.41) is 8.44. The number of nitrogens with zero attached hydrogens (tertiary/aromatic N) is 2. The van der Waals surface area contributed by atoms with Gasteiger partial charge in [-0.25, -0.2) is 0 Å². The second-order valence-electron chi connectivity index (χ2n) is 6.25. The van der Waals surface area contributed by atoms with Crippen molar-refractivity contribution < 1.29 is 0 Å². The quantitative estimate of drug-likeness (QED) is 0.188. The minimum atomic E-state index is 0.0925. The number of hydrogen-bond donors (Lipinski definition) is 0. The van der Waals surface area contributed by atoms with E-state index in [1.165, 1.54) is 51.1 Å². The second kappa shape index (κ2) is 11.5. The van der Waals surface area contributed by atoms with E-state index in [-0.39, 0.29) is 5.41 Å². The van der Waals surface area contributed by atoms with E-state index in [1.54, 1.807) is 0 Å². The number of allylic oxidation sites excluding steroid dienone is 3. The summed E-state index contributed by atoms with van der Waals surface area (Å²) in [5.41, 5.74) is 2.18. The van der Waals surface area contributed by atoms with Crippen LogP contribution < -0.4 is 0 Å². The summed E-state index contributed by atoms with van der Waals surface area (Å²) in [6.45, 7) is 14.5. The lowest BCUT2D eigenvalue weighted by Gasteiger charge is -2.30. The molecule has 0 aliphatic carbocycles. The van der Waals surface area contributed by atoms with Crippen molar-refractivity contribution >= 4 is 7.85 Å². The van der Waals surface area contributed by atoms with Crippen molar-refractivity contribution in [2.24, 2.45) is 15.6 Å². The summed E-state index contributed by atoms with van der Waals surface area (Å²) >= 11 is 0. The van der Waals surface area contributed by atoms with E-state index < -0.39 is 0 Å². The molecule has 118 valence electrons. The zero-order chi connectivity index (χ0) is 16.1. The molecule has 1 unspecified atom stereocenters. The average Bonchev–Trinajstić information content (AvgIpc) is 2.45. The summed E-state index contributed by atoms with van der Waals surface area (Å²) in [6, 6.07) is 0. The fourth-order valence-electron chi connectivity index (χ4n) is 2.55. The third kappa shape index (κ3) is 8.69. The van der Waals surface area contributed by atoms with Crippen molar-refractivity contribution in [1.29, 1.82) is 0 Å². The maximum Gasteiger partial charge on any atom is 0.138 e. The van der Waals surface area contributed by atoms with E-state index in [2.05, 4.69) is 50.2 Å². The summed E-state index contributed by atoms with van der Waals surface area (Å²) < 4.78 is 0. The number of azo groups is 1. The first-order chi connectivity index (χ1) is 10.00. The van der Waals surface area contributed by atoms with Gasteiger partial charge < -0.3 is 0 Å². The third-order valence-electron chi connectivity index (χ3n) is 3.91. The molecule has 0 spiro atoms. The van der Waals surface area contributed by atoms with Crippen LogP contribution in [0, 0.1) is 5.41 Å². The molecule has 0 saturated heterocycles. The maximum atomic E-state index is 4.41. The second-order valence-corrected chi connectivity index (χ2v) is 6.25. The van der Waals surface area contributed by atoms with E-state index in [0.29, 0.717) is 0 Å². The topological polar surface area (TPSA) is 24.7 Å². The average molecular weight is 288 g/mol. The van der Waals surface area contributed by atoms with Gasteiger partial charge in [-0.3, -0.25) is 0 Å². The lowest BCUT2D eigenvalue weighted by Crippen LogP contribution is -2.19. The number of rotatable bonds is 12. The highest BCUT2D eigenvalue weighted by atomic mass is 15.1. The van der Waals surface area contributed by atoms with Crippen LogP contribution in [0.2, 0.25) is 0 Å². The molecule has 2 nitrogen and oxygen atoms in total. The Morgan fingerprint density at radius 2 is 1.71 bits per heavy atom. The molecule has 0 fully saturated rings. The smallest absolute Gasteiger partial charge is 0.138 e.